The van der Waals surface area contributed by atoms with Crippen LogP contribution in [0.1, 0.15) is 6.92 Å². The van der Waals surface area contributed by atoms with Gasteiger partial charge < -0.3 is 20.3 Å². The lowest BCUT2D eigenvalue weighted by Gasteiger charge is -2.15. The average molecular weight is 161 g/mol. The van der Waals surface area contributed by atoms with Crippen LogP contribution in [0.4, 0.5) is 0 Å². The molecule has 1 amide bonds. The van der Waals surface area contributed by atoms with Crippen LogP contribution >= 0.6 is 0 Å². The Morgan fingerprint density at radius 3 is 2.55 bits per heavy atom. The summed E-state index contributed by atoms with van der Waals surface area (Å²) in [6.45, 7) is 0.671. The van der Waals surface area contributed by atoms with Crippen LogP contribution in [-0.4, -0.2) is 41.2 Å². The monoisotopic (exact) mass is 161 g/mol. The van der Waals surface area contributed by atoms with Crippen LogP contribution in [0.2, 0.25) is 0 Å². The van der Waals surface area contributed by atoms with Gasteiger partial charge >= 0.3 is 0 Å². The smallest absolute Gasteiger partial charge is 0.217 e. The number of hydrogen-bond acceptors (Lipinski definition) is 4. The summed E-state index contributed by atoms with van der Waals surface area (Å²) in [5.74, 6) is -0.422. The molecule has 0 aromatic heterocycles. The second-order valence-electron chi connectivity index (χ2n) is 2.11. The van der Waals surface area contributed by atoms with E-state index >= 15 is 0 Å². The molecule has 0 radical (unpaired) electrons. The normalized spacial score (nSPS) is 15.2. The Balaban J connectivity index is 3.94. The molecule has 0 bridgehead atoms. The van der Waals surface area contributed by atoms with Gasteiger partial charge in [-0.3, -0.25) is 4.79 Å². The van der Waals surface area contributed by atoms with Crippen LogP contribution in [0.5, 0.6) is 0 Å². The zero-order valence-electron chi connectivity index (χ0n) is 6.15. The van der Waals surface area contributed by atoms with Gasteiger partial charge in [-0.05, 0) is 0 Å². The van der Waals surface area contributed by atoms with Crippen LogP contribution < -0.4 is 5.32 Å². The molecule has 0 aromatic rings. The molecule has 0 fully saturated rings. The largest absolute Gasteiger partial charge is 0.394 e. The molecular weight excluding hydrogens is 150 g/mol. The maximum atomic E-state index is 10.4. The van der Waals surface area contributed by atoms with Crippen molar-refractivity contribution in [3.8, 4) is 0 Å². The first kappa shape index (κ1) is 10.1. The Morgan fingerprint density at radius 2 is 2.27 bits per heavy atom. The molecule has 5 nitrogen and oxygen atoms in total. The number of carbonyl (C=O) groups is 2. The van der Waals surface area contributed by atoms with Gasteiger partial charge in [0.1, 0.15) is 18.4 Å². The highest BCUT2D eigenvalue weighted by Gasteiger charge is 2.17. The van der Waals surface area contributed by atoms with E-state index in [-0.39, 0.29) is 0 Å². The van der Waals surface area contributed by atoms with Crippen molar-refractivity contribution in [1.82, 2.24) is 5.32 Å². The average Bonchev–Trinajstić information content (AvgIpc) is 1.98. The zero-order valence-corrected chi connectivity index (χ0v) is 6.15. The second kappa shape index (κ2) is 4.81. The van der Waals surface area contributed by atoms with E-state index in [0.29, 0.717) is 6.29 Å². The number of hydrogen-bond donors (Lipinski definition) is 3. The molecule has 2 atom stereocenters. The first-order valence-corrected chi connectivity index (χ1v) is 3.13. The van der Waals surface area contributed by atoms with Gasteiger partial charge in [0.05, 0.1) is 6.61 Å². The van der Waals surface area contributed by atoms with E-state index in [1.807, 2.05) is 0 Å². The zero-order chi connectivity index (χ0) is 8.85. The predicted octanol–water partition coefficient (Wildman–Crippen LogP) is -1.96. The van der Waals surface area contributed by atoms with Crippen molar-refractivity contribution < 1.29 is 19.8 Å². The van der Waals surface area contributed by atoms with E-state index in [0.717, 1.165) is 0 Å². The molecule has 0 rings (SSSR count). The van der Waals surface area contributed by atoms with E-state index in [4.69, 9.17) is 10.2 Å². The number of aldehydes is 1. The second-order valence-corrected chi connectivity index (χ2v) is 2.11. The SMILES string of the molecule is CC(=O)NC(C=O)C(O)CO. The van der Waals surface area contributed by atoms with E-state index < -0.39 is 24.7 Å². The first-order valence-electron chi connectivity index (χ1n) is 3.13. The maximum Gasteiger partial charge on any atom is 0.217 e. The summed E-state index contributed by atoms with van der Waals surface area (Å²) in [5, 5.41) is 19.4. The lowest BCUT2D eigenvalue weighted by molar-refractivity contribution is -0.124. The van der Waals surface area contributed by atoms with E-state index in [1.165, 1.54) is 6.92 Å². The van der Waals surface area contributed by atoms with Gasteiger partial charge in [0.25, 0.3) is 0 Å². The minimum Gasteiger partial charge on any atom is -0.394 e. The van der Waals surface area contributed by atoms with Crippen LogP contribution in [0.15, 0.2) is 0 Å². The minimum atomic E-state index is -1.23. The molecule has 0 saturated heterocycles. The summed E-state index contributed by atoms with van der Waals surface area (Å²) in [4.78, 5) is 20.5. The van der Waals surface area contributed by atoms with Crippen molar-refractivity contribution in [3.05, 3.63) is 0 Å². The van der Waals surface area contributed by atoms with Crippen molar-refractivity contribution in [2.75, 3.05) is 6.61 Å². The number of rotatable bonds is 4. The number of amides is 1. The van der Waals surface area contributed by atoms with Crippen molar-refractivity contribution in [2.45, 2.75) is 19.1 Å². The summed E-state index contributed by atoms with van der Waals surface area (Å²) in [5.41, 5.74) is 0. The minimum absolute atomic E-state index is 0.377. The van der Waals surface area contributed by atoms with E-state index in [2.05, 4.69) is 5.32 Å². The van der Waals surface area contributed by atoms with Gasteiger partial charge in [-0.25, -0.2) is 0 Å². The van der Waals surface area contributed by atoms with Gasteiger partial charge in [-0.15, -0.1) is 0 Å². The van der Waals surface area contributed by atoms with E-state index in [9.17, 15) is 9.59 Å². The summed E-state index contributed by atoms with van der Waals surface area (Å²) in [6, 6.07) is -1.02. The number of carbonyl (C=O) groups excluding carboxylic acids is 2. The third-order valence-electron chi connectivity index (χ3n) is 1.12. The molecule has 3 N–H and O–H groups in total. The van der Waals surface area contributed by atoms with Crippen LogP contribution in [-0.2, 0) is 9.59 Å². The highest BCUT2D eigenvalue weighted by atomic mass is 16.3. The summed E-state index contributed by atoms with van der Waals surface area (Å²) >= 11 is 0. The number of nitrogens with one attached hydrogen (secondary N) is 1. The fraction of sp³-hybridized carbons (Fsp3) is 0.667. The molecule has 5 heteroatoms. The number of aliphatic hydroxyl groups excluding tert-OH is 2. The van der Waals surface area contributed by atoms with Crippen LogP contribution in [0.3, 0.4) is 0 Å². The summed E-state index contributed by atoms with van der Waals surface area (Å²) in [6.07, 6.45) is -0.848. The molecule has 0 saturated carbocycles. The number of aliphatic hydroxyl groups is 2. The third kappa shape index (κ3) is 3.69. The molecule has 64 valence electrons. The molecule has 11 heavy (non-hydrogen) atoms. The Bertz CT molecular complexity index is 148. The molecule has 0 aliphatic carbocycles. The van der Waals surface area contributed by atoms with Gasteiger partial charge in [-0.1, -0.05) is 0 Å². The fourth-order valence-electron chi connectivity index (χ4n) is 0.569. The maximum absolute atomic E-state index is 10.4. The first-order chi connectivity index (χ1) is 5.11. The van der Waals surface area contributed by atoms with Gasteiger partial charge in [0, 0.05) is 6.92 Å². The van der Waals surface area contributed by atoms with Crippen molar-refractivity contribution in [3.63, 3.8) is 0 Å². The van der Waals surface area contributed by atoms with Crippen LogP contribution in [0.25, 0.3) is 0 Å². The quantitative estimate of drug-likeness (QED) is 0.418. The van der Waals surface area contributed by atoms with Crippen molar-refractivity contribution in [1.29, 1.82) is 0 Å². The van der Waals surface area contributed by atoms with Crippen LogP contribution in [0, 0.1) is 0 Å². The molecule has 0 aromatic carbocycles. The lowest BCUT2D eigenvalue weighted by atomic mass is 10.2. The third-order valence-corrected chi connectivity index (χ3v) is 1.12. The Hall–Kier alpha value is -0.940. The molecule has 2 unspecified atom stereocenters. The summed E-state index contributed by atoms with van der Waals surface area (Å²) in [7, 11) is 0. The van der Waals surface area contributed by atoms with Crippen molar-refractivity contribution in [2.24, 2.45) is 0 Å². The molecular formula is C6H11NO4. The highest BCUT2D eigenvalue weighted by molar-refractivity contribution is 5.77. The molecule has 0 heterocycles. The fourth-order valence-corrected chi connectivity index (χ4v) is 0.569. The Kier molecular flexibility index (Phi) is 4.40. The highest BCUT2D eigenvalue weighted by Crippen LogP contribution is 1.88. The summed E-state index contributed by atoms with van der Waals surface area (Å²) < 4.78 is 0. The van der Waals surface area contributed by atoms with Crippen molar-refractivity contribution >= 4 is 12.2 Å². The standard InChI is InChI=1S/C6H11NO4/c1-4(10)7-5(2-8)6(11)3-9/h2,5-6,9,11H,3H2,1H3,(H,7,10). The van der Waals surface area contributed by atoms with Gasteiger partial charge in [0.15, 0.2) is 0 Å². The molecule has 0 spiro atoms. The van der Waals surface area contributed by atoms with Gasteiger partial charge in [0.2, 0.25) is 5.91 Å². The van der Waals surface area contributed by atoms with Gasteiger partial charge in [-0.2, -0.15) is 0 Å². The predicted molar refractivity (Wildman–Crippen MR) is 36.8 cm³/mol. The van der Waals surface area contributed by atoms with E-state index in [1.54, 1.807) is 0 Å². The topological polar surface area (TPSA) is 86.6 Å². The Morgan fingerprint density at radius 1 is 1.73 bits per heavy atom. The lowest BCUT2D eigenvalue weighted by Crippen LogP contribution is -2.45. The Labute approximate surface area is 64.0 Å². The molecule has 0 aliphatic rings. The molecule has 0 aliphatic heterocycles.